The molecule has 1 rings (SSSR count). The Kier molecular flexibility index (Phi) is 15.3. The van der Waals surface area contributed by atoms with Crippen LogP contribution < -0.4 is 10.6 Å². The van der Waals surface area contributed by atoms with Crippen LogP contribution in [0.25, 0.3) is 0 Å². The van der Waals surface area contributed by atoms with Gasteiger partial charge < -0.3 is 24.8 Å². The number of ether oxygens (including phenoxy) is 3. The van der Waals surface area contributed by atoms with Crippen LogP contribution in [-0.4, -0.2) is 89.8 Å². The summed E-state index contributed by atoms with van der Waals surface area (Å²) in [5, 5.41) is 6.54. The third-order valence-electron chi connectivity index (χ3n) is 3.50. The maximum absolute atomic E-state index is 5.43. The van der Waals surface area contributed by atoms with Crippen molar-refractivity contribution < 1.29 is 14.2 Å². The van der Waals surface area contributed by atoms with Crippen molar-refractivity contribution in [3.8, 4) is 0 Å². The Bertz CT molecular complexity index is 302. The van der Waals surface area contributed by atoms with Gasteiger partial charge in [0.25, 0.3) is 0 Å². The number of methoxy groups -OCH3 is 1. The third-order valence-corrected chi connectivity index (χ3v) is 3.50. The summed E-state index contributed by atoms with van der Waals surface area (Å²) in [6, 6.07) is 0.428. The van der Waals surface area contributed by atoms with Crippen LogP contribution in [-0.2, 0) is 14.2 Å². The maximum atomic E-state index is 5.43. The van der Waals surface area contributed by atoms with Crippen LogP contribution in [0.5, 0.6) is 0 Å². The molecule has 8 heteroatoms. The summed E-state index contributed by atoms with van der Waals surface area (Å²) < 4.78 is 15.7. The number of morpholine rings is 1. The summed E-state index contributed by atoms with van der Waals surface area (Å²) in [5.74, 6) is 0.845. The first-order chi connectivity index (χ1) is 10.8. The van der Waals surface area contributed by atoms with Gasteiger partial charge in [-0.2, -0.15) is 0 Å². The van der Waals surface area contributed by atoms with Gasteiger partial charge in [-0.15, -0.1) is 24.0 Å². The Morgan fingerprint density at radius 1 is 1.22 bits per heavy atom. The van der Waals surface area contributed by atoms with E-state index < -0.39 is 0 Å². The van der Waals surface area contributed by atoms with Gasteiger partial charge in [0.15, 0.2) is 5.96 Å². The molecule has 0 spiro atoms. The van der Waals surface area contributed by atoms with E-state index in [1.165, 1.54) is 0 Å². The van der Waals surface area contributed by atoms with Crippen molar-refractivity contribution in [1.29, 1.82) is 0 Å². The van der Waals surface area contributed by atoms with E-state index in [-0.39, 0.29) is 24.0 Å². The van der Waals surface area contributed by atoms with Crippen LogP contribution >= 0.6 is 24.0 Å². The van der Waals surface area contributed by atoms with Gasteiger partial charge in [0, 0.05) is 39.3 Å². The SMILES string of the molecule is CCNC(=NCC(C)N1CCOCC1)NCCOCCOC.I. The minimum atomic E-state index is 0. The zero-order valence-electron chi connectivity index (χ0n) is 14.7. The number of aliphatic imine (C=N–C) groups is 1. The fourth-order valence-corrected chi connectivity index (χ4v) is 2.18. The van der Waals surface area contributed by atoms with Crippen molar-refractivity contribution in [2.24, 2.45) is 4.99 Å². The molecule has 7 nitrogen and oxygen atoms in total. The molecule has 0 radical (unpaired) electrons. The van der Waals surface area contributed by atoms with Crippen molar-refractivity contribution in [1.82, 2.24) is 15.5 Å². The third kappa shape index (κ3) is 11.1. The number of nitrogens with one attached hydrogen (secondary N) is 2. The fourth-order valence-electron chi connectivity index (χ4n) is 2.18. The number of halogens is 1. The molecule has 0 aromatic carbocycles. The van der Waals surface area contributed by atoms with Gasteiger partial charge in [-0.3, -0.25) is 9.89 Å². The highest BCUT2D eigenvalue weighted by Gasteiger charge is 2.16. The molecule has 0 amide bonds. The second-order valence-corrected chi connectivity index (χ2v) is 5.25. The first-order valence-corrected chi connectivity index (χ1v) is 8.18. The van der Waals surface area contributed by atoms with Crippen LogP contribution in [0.15, 0.2) is 4.99 Å². The predicted molar refractivity (Wildman–Crippen MR) is 104 cm³/mol. The normalized spacial score (nSPS) is 17.4. The molecule has 1 aliphatic rings. The van der Waals surface area contributed by atoms with Gasteiger partial charge in [-0.1, -0.05) is 0 Å². The second-order valence-electron chi connectivity index (χ2n) is 5.25. The Labute approximate surface area is 157 Å². The molecule has 2 N–H and O–H groups in total. The average Bonchev–Trinajstić information content (AvgIpc) is 2.56. The van der Waals surface area contributed by atoms with E-state index in [0.29, 0.717) is 25.9 Å². The molecular formula is C15H33IN4O3. The molecule has 1 atom stereocenters. The Hall–Kier alpha value is -0.160. The monoisotopic (exact) mass is 444 g/mol. The molecule has 23 heavy (non-hydrogen) atoms. The number of hydrogen-bond donors (Lipinski definition) is 2. The van der Waals surface area contributed by atoms with Gasteiger partial charge in [0.2, 0.25) is 0 Å². The van der Waals surface area contributed by atoms with E-state index in [9.17, 15) is 0 Å². The van der Waals surface area contributed by atoms with E-state index in [2.05, 4.69) is 34.4 Å². The largest absolute Gasteiger partial charge is 0.382 e. The van der Waals surface area contributed by atoms with Crippen molar-refractivity contribution in [3.63, 3.8) is 0 Å². The van der Waals surface area contributed by atoms with Gasteiger partial charge in [0.05, 0.1) is 39.6 Å². The van der Waals surface area contributed by atoms with Gasteiger partial charge in [0.1, 0.15) is 0 Å². The van der Waals surface area contributed by atoms with Crippen molar-refractivity contribution in [2.75, 3.05) is 72.9 Å². The van der Waals surface area contributed by atoms with Gasteiger partial charge >= 0.3 is 0 Å². The second kappa shape index (κ2) is 15.4. The zero-order chi connectivity index (χ0) is 16.0. The molecule has 1 saturated heterocycles. The molecule has 0 saturated carbocycles. The van der Waals surface area contributed by atoms with E-state index in [4.69, 9.17) is 14.2 Å². The summed E-state index contributed by atoms with van der Waals surface area (Å²) in [6.45, 7) is 12.2. The summed E-state index contributed by atoms with van der Waals surface area (Å²) in [6.07, 6.45) is 0. The lowest BCUT2D eigenvalue weighted by Gasteiger charge is -2.31. The molecule has 138 valence electrons. The molecule has 0 aromatic rings. The first kappa shape index (κ1) is 22.8. The number of guanidine groups is 1. The molecule has 0 aliphatic carbocycles. The summed E-state index contributed by atoms with van der Waals surface area (Å²) >= 11 is 0. The van der Waals surface area contributed by atoms with Crippen LogP contribution in [0.4, 0.5) is 0 Å². The molecular weight excluding hydrogens is 411 g/mol. The topological polar surface area (TPSA) is 67.4 Å². The van der Waals surface area contributed by atoms with E-state index >= 15 is 0 Å². The van der Waals surface area contributed by atoms with Gasteiger partial charge in [-0.05, 0) is 13.8 Å². The first-order valence-electron chi connectivity index (χ1n) is 8.18. The van der Waals surface area contributed by atoms with Crippen molar-refractivity contribution in [2.45, 2.75) is 19.9 Å². The lowest BCUT2D eigenvalue weighted by molar-refractivity contribution is 0.0220. The summed E-state index contributed by atoms with van der Waals surface area (Å²) in [5.41, 5.74) is 0. The molecule has 1 unspecified atom stereocenters. The smallest absolute Gasteiger partial charge is 0.191 e. The quantitative estimate of drug-likeness (QED) is 0.222. The fraction of sp³-hybridized carbons (Fsp3) is 0.933. The number of nitrogens with zero attached hydrogens (tertiary/aromatic N) is 2. The molecule has 0 aromatic heterocycles. The molecule has 1 aliphatic heterocycles. The minimum Gasteiger partial charge on any atom is -0.382 e. The summed E-state index contributed by atoms with van der Waals surface area (Å²) in [7, 11) is 1.67. The average molecular weight is 444 g/mol. The van der Waals surface area contributed by atoms with Crippen LogP contribution in [0.3, 0.4) is 0 Å². The Morgan fingerprint density at radius 3 is 2.61 bits per heavy atom. The van der Waals surface area contributed by atoms with Crippen LogP contribution in [0, 0.1) is 0 Å². The van der Waals surface area contributed by atoms with Crippen LogP contribution in [0.2, 0.25) is 0 Å². The predicted octanol–water partition coefficient (Wildman–Crippen LogP) is 0.543. The lowest BCUT2D eigenvalue weighted by Crippen LogP contribution is -2.44. The summed E-state index contributed by atoms with van der Waals surface area (Å²) in [4.78, 5) is 7.08. The number of hydrogen-bond acceptors (Lipinski definition) is 5. The van der Waals surface area contributed by atoms with E-state index in [0.717, 1.165) is 51.9 Å². The Morgan fingerprint density at radius 2 is 1.96 bits per heavy atom. The Balaban J connectivity index is 0.00000484. The van der Waals surface area contributed by atoms with E-state index in [1.807, 2.05) is 0 Å². The zero-order valence-corrected chi connectivity index (χ0v) is 17.0. The highest BCUT2D eigenvalue weighted by atomic mass is 127. The van der Waals surface area contributed by atoms with Crippen LogP contribution in [0.1, 0.15) is 13.8 Å². The highest BCUT2D eigenvalue weighted by molar-refractivity contribution is 14.0. The molecule has 0 bridgehead atoms. The number of rotatable bonds is 10. The maximum Gasteiger partial charge on any atom is 0.191 e. The van der Waals surface area contributed by atoms with Gasteiger partial charge in [-0.25, -0.2) is 0 Å². The van der Waals surface area contributed by atoms with E-state index in [1.54, 1.807) is 7.11 Å². The van der Waals surface area contributed by atoms with Crippen molar-refractivity contribution in [3.05, 3.63) is 0 Å². The highest BCUT2D eigenvalue weighted by Crippen LogP contribution is 2.03. The minimum absolute atomic E-state index is 0. The molecule has 1 heterocycles. The standard InChI is InChI=1S/C15H32N4O3.HI/c1-4-16-15(17-5-8-21-12-11-20-3)18-13-14(2)19-6-9-22-10-7-19;/h14H,4-13H2,1-3H3,(H2,16,17,18);1H. The van der Waals surface area contributed by atoms with Crippen molar-refractivity contribution >= 4 is 29.9 Å². The lowest BCUT2D eigenvalue weighted by atomic mass is 10.2. The molecule has 1 fully saturated rings.